The molecule has 30 heavy (non-hydrogen) atoms. The number of hydrogen-bond donors (Lipinski definition) is 2. The zero-order valence-corrected chi connectivity index (χ0v) is 17.3. The van der Waals surface area contributed by atoms with E-state index in [9.17, 15) is 9.90 Å². The summed E-state index contributed by atoms with van der Waals surface area (Å²) in [5, 5.41) is 23.1. The third kappa shape index (κ3) is 2.83. The molecule has 2 heterocycles. The summed E-state index contributed by atoms with van der Waals surface area (Å²) in [5.41, 5.74) is 1.16. The van der Waals surface area contributed by atoms with Crippen molar-refractivity contribution in [1.82, 2.24) is 10.3 Å². The quantitative estimate of drug-likeness (QED) is 0.731. The van der Waals surface area contributed by atoms with Crippen LogP contribution >= 0.6 is 12.2 Å². The molecule has 9 heteroatoms. The molecule has 2 fully saturated rings. The highest BCUT2D eigenvalue weighted by Crippen LogP contribution is 2.50. The number of carbonyl (C=O) groups excluding carboxylic acids is 1. The van der Waals surface area contributed by atoms with E-state index in [1.807, 2.05) is 6.07 Å². The number of nitriles is 1. The number of aliphatic hydroxyl groups excluding tert-OH is 1. The molecule has 1 spiro atoms. The van der Waals surface area contributed by atoms with Crippen LogP contribution in [0, 0.1) is 24.1 Å². The lowest BCUT2D eigenvalue weighted by Gasteiger charge is -2.46. The molecule has 4 rings (SSSR count). The fourth-order valence-electron chi connectivity index (χ4n) is 4.16. The minimum atomic E-state index is -0.995. The third-order valence-electron chi connectivity index (χ3n) is 5.91. The number of carbonyl (C=O) groups is 1. The summed E-state index contributed by atoms with van der Waals surface area (Å²) in [7, 11) is 1.48. The van der Waals surface area contributed by atoms with E-state index in [-0.39, 0.29) is 22.3 Å². The number of anilines is 2. The standard InChI is InChI=1S/C21H20FN5O2S/c1-12-8-14(11-25-16(12)10-23)26-19(29)21(6-3-7-21)27(20(26)30)17-5-4-13(9-15(17)22)18(28)24-2/h4-5,8-9,11,19,29H,3,6-7H2,1-2H3,(H,24,28). The number of benzene rings is 1. The molecule has 1 saturated heterocycles. The topological polar surface area (TPSA) is 92.5 Å². The Morgan fingerprint density at radius 3 is 2.70 bits per heavy atom. The van der Waals surface area contributed by atoms with Gasteiger partial charge >= 0.3 is 0 Å². The van der Waals surface area contributed by atoms with Crippen LogP contribution in [0.25, 0.3) is 0 Å². The van der Waals surface area contributed by atoms with E-state index < -0.39 is 17.6 Å². The number of nitrogens with zero attached hydrogens (tertiary/aromatic N) is 4. The molecule has 0 radical (unpaired) electrons. The van der Waals surface area contributed by atoms with Crippen LogP contribution in [0.15, 0.2) is 30.5 Å². The number of rotatable bonds is 3. The molecule has 1 aromatic carbocycles. The third-order valence-corrected chi connectivity index (χ3v) is 6.29. The Balaban J connectivity index is 1.78. The van der Waals surface area contributed by atoms with Crippen molar-refractivity contribution >= 4 is 34.6 Å². The van der Waals surface area contributed by atoms with Crippen LogP contribution in [0.4, 0.5) is 15.8 Å². The first-order valence-corrected chi connectivity index (χ1v) is 9.95. The number of aryl methyl sites for hydroxylation is 1. The summed E-state index contributed by atoms with van der Waals surface area (Å²) in [4.78, 5) is 19.2. The molecule has 154 valence electrons. The van der Waals surface area contributed by atoms with Crippen LogP contribution < -0.4 is 15.1 Å². The summed E-state index contributed by atoms with van der Waals surface area (Å²) in [6.45, 7) is 1.76. The lowest BCUT2D eigenvalue weighted by Crippen LogP contribution is -2.57. The Hall–Kier alpha value is -3.09. The Kier molecular flexibility index (Phi) is 4.92. The fraction of sp³-hybridized carbons (Fsp3) is 0.333. The minimum Gasteiger partial charge on any atom is -0.371 e. The van der Waals surface area contributed by atoms with Gasteiger partial charge in [-0.15, -0.1) is 0 Å². The van der Waals surface area contributed by atoms with Gasteiger partial charge in [0.1, 0.15) is 17.6 Å². The maximum Gasteiger partial charge on any atom is 0.251 e. The Labute approximate surface area is 178 Å². The average Bonchev–Trinajstić information content (AvgIpc) is 2.94. The molecule has 1 unspecified atom stereocenters. The summed E-state index contributed by atoms with van der Waals surface area (Å²) < 4.78 is 15.1. The van der Waals surface area contributed by atoms with Gasteiger partial charge in [-0.3, -0.25) is 9.69 Å². The van der Waals surface area contributed by atoms with Gasteiger partial charge in [0.2, 0.25) is 0 Å². The van der Waals surface area contributed by atoms with Crippen LogP contribution in [0.2, 0.25) is 0 Å². The van der Waals surface area contributed by atoms with Gasteiger partial charge in [-0.05, 0) is 68.2 Å². The molecule has 1 aliphatic heterocycles. The van der Waals surface area contributed by atoms with Crippen LogP contribution in [-0.4, -0.2) is 39.9 Å². The zero-order chi connectivity index (χ0) is 21.6. The number of nitrogens with one attached hydrogen (secondary N) is 1. The second-order valence-electron chi connectivity index (χ2n) is 7.53. The Morgan fingerprint density at radius 2 is 2.17 bits per heavy atom. The van der Waals surface area contributed by atoms with Gasteiger partial charge in [0.15, 0.2) is 11.3 Å². The average molecular weight is 425 g/mol. The summed E-state index contributed by atoms with van der Waals surface area (Å²) in [5.74, 6) is -0.975. The molecule has 2 N–H and O–H groups in total. The number of pyridine rings is 1. The molecule has 1 saturated carbocycles. The molecule has 7 nitrogen and oxygen atoms in total. The highest BCUT2D eigenvalue weighted by molar-refractivity contribution is 7.80. The number of thiocarbonyl (C=S) groups is 1. The number of aliphatic hydroxyl groups is 1. The van der Waals surface area contributed by atoms with Crippen LogP contribution in [-0.2, 0) is 0 Å². The second-order valence-corrected chi connectivity index (χ2v) is 7.90. The molecular weight excluding hydrogens is 405 g/mol. The highest BCUT2D eigenvalue weighted by Gasteiger charge is 2.59. The van der Waals surface area contributed by atoms with Crippen molar-refractivity contribution in [3.8, 4) is 6.07 Å². The van der Waals surface area contributed by atoms with E-state index in [0.29, 0.717) is 29.8 Å². The van der Waals surface area contributed by atoms with E-state index in [0.717, 1.165) is 6.42 Å². The SMILES string of the molecule is CNC(=O)c1ccc(N2C(=S)N(c3cnc(C#N)c(C)c3)C(O)C23CCC3)c(F)c1. The van der Waals surface area contributed by atoms with Gasteiger partial charge in [0.05, 0.1) is 23.1 Å². The molecule has 1 amide bonds. The van der Waals surface area contributed by atoms with Crippen molar-refractivity contribution in [2.24, 2.45) is 0 Å². The molecule has 1 aromatic heterocycles. The van der Waals surface area contributed by atoms with Crippen LogP contribution in [0.3, 0.4) is 0 Å². The van der Waals surface area contributed by atoms with E-state index in [4.69, 9.17) is 17.5 Å². The first kappa shape index (κ1) is 20.2. The van der Waals surface area contributed by atoms with Crippen molar-refractivity contribution < 1.29 is 14.3 Å². The van der Waals surface area contributed by atoms with Gasteiger partial charge in [-0.25, -0.2) is 9.37 Å². The molecule has 2 aliphatic rings. The second kappa shape index (κ2) is 7.31. The molecular formula is C21H20FN5O2S. The molecule has 1 aliphatic carbocycles. The first-order valence-electron chi connectivity index (χ1n) is 9.54. The van der Waals surface area contributed by atoms with Gasteiger partial charge < -0.3 is 15.3 Å². The van der Waals surface area contributed by atoms with Gasteiger partial charge in [-0.2, -0.15) is 5.26 Å². The maximum atomic E-state index is 15.1. The molecule has 2 aromatic rings. The van der Waals surface area contributed by atoms with Crippen LogP contribution in [0.5, 0.6) is 0 Å². The zero-order valence-electron chi connectivity index (χ0n) is 16.5. The van der Waals surface area contributed by atoms with Gasteiger partial charge in [-0.1, -0.05) is 0 Å². The van der Waals surface area contributed by atoms with Crippen molar-refractivity contribution in [2.45, 2.75) is 38.0 Å². The Bertz CT molecular complexity index is 1100. The number of amides is 1. The van der Waals surface area contributed by atoms with Crippen LogP contribution in [0.1, 0.15) is 40.9 Å². The lowest BCUT2D eigenvalue weighted by atomic mass is 9.74. The molecule has 0 bridgehead atoms. The summed E-state index contributed by atoms with van der Waals surface area (Å²) in [6, 6.07) is 7.98. The number of hydrogen-bond acceptors (Lipinski definition) is 5. The maximum absolute atomic E-state index is 15.1. The van der Waals surface area contributed by atoms with E-state index in [1.165, 1.54) is 31.4 Å². The lowest BCUT2D eigenvalue weighted by molar-refractivity contribution is 0.0594. The van der Waals surface area contributed by atoms with E-state index in [2.05, 4.69) is 10.3 Å². The van der Waals surface area contributed by atoms with Crippen molar-refractivity contribution in [3.05, 3.63) is 53.1 Å². The smallest absolute Gasteiger partial charge is 0.251 e. The van der Waals surface area contributed by atoms with Crippen molar-refractivity contribution in [3.63, 3.8) is 0 Å². The van der Waals surface area contributed by atoms with E-state index >= 15 is 4.39 Å². The predicted octanol–water partition coefficient (Wildman–Crippen LogP) is 2.61. The summed E-state index contributed by atoms with van der Waals surface area (Å²) >= 11 is 5.68. The van der Waals surface area contributed by atoms with Gasteiger partial charge in [0.25, 0.3) is 5.91 Å². The predicted molar refractivity (Wildman–Crippen MR) is 114 cm³/mol. The fourth-order valence-corrected chi connectivity index (χ4v) is 4.64. The molecule has 1 atom stereocenters. The largest absolute Gasteiger partial charge is 0.371 e. The Morgan fingerprint density at radius 1 is 1.43 bits per heavy atom. The highest BCUT2D eigenvalue weighted by atomic mass is 32.1. The van der Waals surface area contributed by atoms with Crippen molar-refractivity contribution in [2.75, 3.05) is 16.8 Å². The van der Waals surface area contributed by atoms with Gasteiger partial charge in [0, 0.05) is 12.6 Å². The normalized spacial score (nSPS) is 19.6. The number of aromatic nitrogens is 1. The van der Waals surface area contributed by atoms with Crippen molar-refractivity contribution in [1.29, 1.82) is 5.26 Å². The summed E-state index contributed by atoms with van der Waals surface area (Å²) in [6.07, 6.45) is 2.66. The van der Waals surface area contributed by atoms with E-state index in [1.54, 1.807) is 22.8 Å². The number of halogens is 1. The minimum absolute atomic E-state index is 0.204. The monoisotopic (exact) mass is 425 g/mol. The first-order chi connectivity index (χ1) is 14.3.